The standard InChI is InChI=1S/C36H36N6O3/c1-40-13-15-41(16-14-40)25-8-10-31(38-21-25)32-20-29-27(11-12-37-35(29)39-32)26-3-2-4-33(30(26)22-43)42-17-18-45-34-19-24(23-5-6-23)7-9-28(34)36(42)44/h2-4,7-12,19-21,23,43H,5-6,13-18,22H2,1H3,(H,37,39). The molecule has 5 heterocycles. The molecule has 45 heavy (non-hydrogen) atoms. The molecule has 9 nitrogen and oxygen atoms in total. The number of rotatable bonds is 6. The van der Waals surface area contributed by atoms with E-state index in [1.54, 1.807) is 11.1 Å². The van der Waals surface area contributed by atoms with Crippen LogP contribution < -0.4 is 14.5 Å². The lowest BCUT2D eigenvalue weighted by Gasteiger charge is -2.33. The number of aromatic amines is 1. The predicted molar refractivity (Wildman–Crippen MR) is 176 cm³/mol. The molecule has 2 fully saturated rings. The Bertz CT molecular complexity index is 1890. The van der Waals surface area contributed by atoms with Gasteiger partial charge in [0.05, 0.1) is 47.7 Å². The van der Waals surface area contributed by atoms with Gasteiger partial charge in [-0.15, -0.1) is 0 Å². The van der Waals surface area contributed by atoms with Gasteiger partial charge in [-0.3, -0.25) is 9.78 Å². The molecule has 228 valence electrons. The molecule has 0 bridgehead atoms. The summed E-state index contributed by atoms with van der Waals surface area (Å²) in [4.78, 5) is 33.2. The number of aliphatic hydroxyl groups excluding tert-OH is 1. The number of amides is 1. The maximum atomic E-state index is 13.9. The van der Waals surface area contributed by atoms with Crippen molar-refractivity contribution in [2.24, 2.45) is 0 Å². The van der Waals surface area contributed by atoms with E-state index in [2.05, 4.69) is 51.1 Å². The largest absolute Gasteiger partial charge is 0.491 e. The molecule has 8 rings (SSSR count). The fourth-order valence-corrected chi connectivity index (χ4v) is 6.67. The van der Waals surface area contributed by atoms with Gasteiger partial charge in [0.1, 0.15) is 18.0 Å². The zero-order valence-electron chi connectivity index (χ0n) is 25.4. The van der Waals surface area contributed by atoms with E-state index in [9.17, 15) is 9.90 Å². The van der Waals surface area contributed by atoms with Gasteiger partial charge in [-0.25, -0.2) is 4.98 Å². The SMILES string of the molecule is CN1CCN(c2ccc(-c3cc4c(-c5cccc(N6CCOc7cc(C8CC8)ccc7C6=O)c5CO)ccnc4[nH]3)nc2)CC1. The summed E-state index contributed by atoms with van der Waals surface area (Å²) in [6.45, 7) is 4.62. The van der Waals surface area contributed by atoms with E-state index in [4.69, 9.17) is 9.72 Å². The van der Waals surface area contributed by atoms with E-state index >= 15 is 0 Å². The zero-order valence-corrected chi connectivity index (χ0v) is 25.4. The van der Waals surface area contributed by atoms with Crippen LogP contribution in [0.4, 0.5) is 11.4 Å². The number of likely N-dealkylation sites (N-methyl/N-ethyl adjacent to an activating group) is 1. The minimum absolute atomic E-state index is 0.119. The van der Waals surface area contributed by atoms with E-state index in [0.29, 0.717) is 41.6 Å². The van der Waals surface area contributed by atoms with Crippen LogP contribution in [-0.2, 0) is 6.61 Å². The number of pyridine rings is 2. The monoisotopic (exact) mass is 600 g/mol. The van der Waals surface area contributed by atoms with Crippen molar-refractivity contribution < 1.29 is 14.6 Å². The first-order chi connectivity index (χ1) is 22.1. The molecule has 9 heteroatoms. The highest BCUT2D eigenvalue weighted by Crippen LogP contribution is 2.43. The Morgan fingerprint density at radius 2 is 1.80 bits per heavy atom. The van der Waals surface area contributed by atoms with Crippen LogP contribution in [0.3, 0.4) is 0 Å². The van der Waals surface area contributed by atoms with Gasteiger partial charge >= 0.3 is 0 Å². The molecule has 5 aromatic rings. The number of H-pyrrole nitrogens is 1. The van der Waals surface area contributed by atoms with Crippen molar-refractivity contribution >= 4 is 28.3 Å². The van der Waals surface area contributed by atoms with Crippen LogP contribution in [-0.4, -0.2) is 77.2 Å². The number of hydrogen-bond acceptors (Lipinski definition) is 7. The maximum Gasteiger partial charge on any atom is 0.262 e. The number of hydrogen-bond donors (Lipinski definition) is 2. The van der Waals surface area contributed by atoms with Crippen LogP contribution in [0.2, 0.25) is 0 Å². The minimum Gasteiger partial charge on any atom is -0.491 e. The average molecular weight is 601 g/mol. The summed E-state index contributed by atoms with van der Waals surface area (Å²) >= 11 is 0. The lowest BCUT2D eigenvalue weighted by atomic mass is 9.96. The van der Waals surface area contributed by atoms with Crippen molar-refractivity contribution in [3.05, 3.63) is 89.7 Å². The number of ether oxygens (including phenoxy) is 1. The van der Waals surface area contributed by atoms with Gasteiger partial charge in [0.25, 0.3) is 5.91 Å². The maximum absolute atomic E-state index is 13.9. The Hall–Kier alpha value is -4.73. The smallest absolute Gasteiger partial charge is 0.262 e. The quantitative estimate of drug-likeness (QED) is 0.267. The summed E-state index contributed by atoms with van der Waals surface area (Å²) < 4.78 is 6.08. The number of aliphatic hydroxyl groups is 1. The summed E-state index contributed by atoms with van der Waals surface area (Å²) in [6.07, 6.45) is 6.10. The van der Waals surface area contributed by atoms with Crippen LogP contribution in [0.15, 0.2) is 73.1 Å². The topological polar surface area (TPSA) is 97.8 Å². The van der Waals surface area contributed by atoms with Crippen LogP contribution >= 0.6 is 0 Å². The van der Waals surface area contributed by atoms with Crippen molar-refractivity contribution in [2.45, 2.75) is 25.4 Å². The molecule has 1 saturated heterocycles. The molecule has 0 atom stereocenters. The van der Waals surface area contributed by atoms with Gasteiger partial charge in [0.15, 0.2) is 0 Å². The molecular formula is C36H36N6O3. The predicted octanol–water partition coefficient (Wildman–Crippen LogP) is 5.45. The van der Waals surface area contributed by atoms with E-state index < -0.39 is 0 Å². The van der Waals surface area contributed by atoms with Gasteiger partial charge in [0, 0.05) is 43.3 Å². The highest BCUT2D eigenvalue weighted by molar-refractivity contribution is 6.09. The molecular weight excluding hydrogens is 564 g/mol. The Morgan fingerprint density at radius 1 is 0.933 bits per heavy atom. The highest BCUT2D eigenvalue weighted by atomic mass is 16.5. The van der Waals surface area contributed by atoms with Gasteiger partial charge < -0.3 is 29.5 Å². The lowest BCUT2D eigenvalue weighted by Crippen LogP contribution is -2.44. The zero-order chi connectivity index (χ0) is 30.5. The van der Waals surface area contributed by atoms with Gasteiger partial charge in [-0.1, -0.05) is 18.2 Å². The van der Waals surface area contributed by atoms with Gasteiger partial charge in [-0.2, -0.15) is 0 Å². The fraction of sp³-hybridized carbons (Fsp3) is 0.306. The third kappa shape index (κ3) is 5.11. The lowest BCUT2D eigenvalue weighted by molar-refractivity contribution is 0.0989. The number of nitrogens with zero attached hydrogens (tertiary/aromatic N) is 5. The minimum atomic E-state index is -0.222. The van der Waals surface area contributed by atoms with Crippen molar-refractivity contribution in [1.29, 1.82) is 0 Å². The first kappa shape index (κ1) is 27.8. The third-order valence-electron chi connectivity index (χ3n) is 9.42. The van der Waals surface area contributed by atoms with Crippen molar-refractivity contribution in [3.8, 4) is 28.3 Å². The van der Waals surface area contributed by atoms with Crippen molar-refractivity contribution in [1.82, 2.24) is 19.9 Å². The van der Waals surface area contributed by atoms with E-state index in [1.807, 2.05) is 42.6 Å². The first-order valence-corrected chi connectivity index (χ1v) is 15.8. The van der Waals surface area contributed by atoms with Gasteiger partial charge in [0.2, 0.25) is 0 Å². The number of piperazine rings is 1. The average Bonchev–Trinajstić information content (AvgIpc) is 3.86. The number of benzene rings is 2. The number of carbonyl (C=O) groups excluding carboxylic acids is 1. The number of aromatic nitrogens is 3. The molecule has 0 radical (unpaired) electrons. The fourth-order valence-electron chi connectivity index (χ4n) is 6.67. The van der Waals surface area contributed by atoms with E-state index in [0.717, 1.165) is 65.4 Å². The Balaban J connectivity index is 1.13. The second-order valence-electron chi connectivity index (χ2n) is 12.3. The second kappa shape index (κ2) is 11.3. The van der Waals surface area contributed by atoms with Gasteiger partial charge in [-0.05, 0) is 85.0 Å². The molecule has 1 amide bonds. The number of nitrogens with one attached hydrogen (secondary N) is 1. The van der Waals surface area contributed by atoms with E-state index in [-0.39, 0.29) is 12.5 Å². The molecule has 3 aromatic heterocycles. The molecule has 2 aromatic carbocycles. The first-order valence-electron chi connectivity index (χ1n) is 15.8. The number of carbonyl (C=O) groups is 1. The Morgan fingerprint density at radius 3 is 2.58 bits per heavy atom. The molecule has 1 aliphatic carbocycles. The summed E-state index contributed by atoms with van der Waals surface area (Å²) in [7, 11) is 2.16. The summed E-state index contributed by atoms with van der Waals surface area (Å²) in [5.74, 6) is 1.11. The summed E-state index contributed by atoms with van der Waals surface area (Å²) in [5, 5.41) is 11.7. The summed E-state index contributed by atoms with van der Waals surface area (Å²) in [5.41, 5.74) is 8.53. The second-order valence-corrected chi connectivity index (χ2v) is 12.3. The third-order valence-corrected chi connectivity index (χ3v) is 9.42. The molecule has 0 spiro atoms. The molecule has 0 unspecified atom stereocenters. The number of anilines is 2. The van der Waals surface area contributed by atoms with Crippen LogP contribution in [0.25, 0.3) is 33.5 Å². The molecule has 3 aliphatic rings. The Kier molecular flexibility index (Phi) is 6.99. The van der Waals surface area contributed by atoms with Crippen molar-refractivity contribution in [2.75, 3.05) is 56.2 Å². The van der Waals surface area contributed by atoms with Crippen LogP contribution in [0.1, 0.15) is 40.2 Å². The number of fused-ring (bicyclic) bond motifs is 2. The molecule has 2 N–H and O–H groups in total. The molecule has 1 saturated carbocycles. The molecule has 2 aliphatic heterocycles. The summed E-state index contributed by atoms with van der Waals surface area (Å²) in [6, 6.07) is 20.0. The Labute approximate surface area is 262 Å². The van der Waals surface area contributed by atoms with Crippen LogP contribution in [0.5, 0.6) is 5.75 Å². The highest BCUT2D eigenvalue weighted by Gasteiger charge is 2.30. The van der Waals surface area contributed by atoms with Crippen LogP contribution in [0, 0.1) is 0 Å². The van der Waals surface area contributed by atoms with Crippen molar-refractivity contribution in [3.63, 3.8) is 0 Å². The normalized spacial score (nSPS) is 17.3. The van der Waals surface area contributed by atoms with E-state index in [1.165, 1.54) is 18.4 Å².